The molecule has 0 spiro atoms. The molecule has 0 bridgehead atoms. The standard InChI is InChI=1S/C29H37FN2O4/c1-20-23(19-31-24-13-11-21(25(30)18-24)12-14-28(33)34)10-9-22-6-5-15-32(29(20)22)16-17-36-27-8-4-3-7-26(27)35-2/h4,8-9,11,13,18,23,31H,3,5-7,10,12,14-17,19H2,1-2H3,(H,33,34). The minimum absolute atomic E-state index is 0.0728. The van der Waals surface area contributed by atoms with Crippen LogP contribution in [-0.4, -0.2) is 49.3 Å². The summed E-state index contributed by atoms with van der Waals surface area (Å²) in [6.45, 7) is 5.38. The van der Waals surface area contributed by atoms with Gasteiger partial charge in [0.2, 0.25) is 0 Å². The number of halogens is 1. The number of hydrogen-bond donors (Lipinski definition) is 2. The Labute approximate surface area is 213 Å². The van der Waals surface area contributed by atoms with Crippen LogP contribution in [-0.2, 0) is 20.7 Å². The summed E-state index contributed by atoms with van der Waals surface area (Å²) in [6.07, 6.45) is 11.7. The summed E-state index contributed by atoms with van der Waals surface area (Å²) in [5, 5.41) is 12.2. The number of likely N-dealkylation sites (tertiary alicyclic amines) is 1. The van der Waals surface area contributed by atoms with Gasteiger partial charge in [-0.25, -0.2) is 4.39 Å². The molecule has 7 heteroatoms. The van der Waals surface area contributed by atoms with Gasteiger partial charge in [0.05, 0.1) is 13.7 Å². The van der Waals surface area contributed by atoms with E-state index < -0.39 is 5.97 Å². The zero-order chi connectivity index (χ0) is 25.5. The molecule has 0 aromatic heterocycles. The molecule has 0 amide bonds. The maximum atomic E-state index is 14.4. The number of hydrogen-bond acceptors (Lipinski definition) is 5. The Hall–Kier alpha value is -3.22. The van der Waals surface area contributed by atoms with E-state index in [0.717, 1.165) is 62.4 Å². The molecule has 0 radical (unpaired) electrons. The van der Waals surface area contributed by atoms with Gasteiger partial charge in [-0.3, -0.25) is 4.79 Å². The Kier molecular flexibility index (Phi) is 8.73. The fourth-order valence-electron chi connectivity index (χ4n) is 5.27. The van der Waals surface area contributed by atoms with E-state index in [1.54, 1.807) is 13.2 Å². The SMILES string of the molecule is COC1=C(OCCN2CCCC3=CCC(CNc4ccc(CCC(=O)O)c(F)c4)C(C)=C32)C=CCC1. The molecule has 1 aromatic rings. The van der Waals surface area contributed by atoms with Gasteiger partial charge in [0, 0.05) is 43.2 Å². The van der Waals surface area contributed by atoms with Crippen LogP contribution < -0.4 is 5.32 Å². The molecule has 194 valence electrons. The fourth-order valence-corrected chi connectivity index (χ4v) is 5.27. The Morgan fingerprint density at radius 3 is 2.94 bits per heavy atom. The van der Waals surface area contributed by atoms with Crippen LogP contribution in [0, 0.1) is 11.7 Å². The number of fused-ring (bicyclic) bond motifs is 1. The average Bonchev–Trinajstić information content (AvgIpc) is 2.88. The highest BCUT2D eigenvalue weighted by Crippen LogP contribution is 2.37. The van der Waals surface area contributed by atoms with Gasteiger partial charge >= 0.3 is 5.97 Å². The number of aliphatic carboxylic acids is 1. The van der Waals surface area contributed by atoms with E-state index in [2.05, 4.69) is 29.3 Å². The third-order valence-electron chi connectivity index (χ3n) is 7.29. The maximum Gasteiger partial charge on any atom is 0.303 e. The summed E-state index contributed by atoms with van der Waals surface area (Å²) in [7, 11) is 1.70. The Bertz CT molecular complexity index is 1090. The molecule has 1 fully saturated rings. The van der Waals surface area contributed by atoms with E-state index in [1.165, 1.54) is 22.9 Å². The topological polar surface area (TPSA) is 71.0 Å². The fraction of sp³-hybridized carbons (Fsp3) is 0.483. The molecule has 2 N–H and O–H groups in total. The number of carboxylic acids is 1. The summed E-state index contributed by atoms with van der Waals surface area (Å²) in [4.78, 5) is 13.2. The van der Waals surface area contributed by atoms with Gasteiger partial charge in [-0.2, -0.15) is 0 Å². The molecule has 2 aliphatic carbocycles. The van der Waals surface area contributed by atoms with E-state index in [1.807, 2.05) is 12.1 Å². The van der Waals surface area contributed by atoms with Crippen molar-refractivity contribution in [3.05, 3.63) is 76.2 Å². The van der Waals surface area contributed by atoms with Gasteiger partial charge < -0.3 is 24.8 Å². The summed E-state index contributed by atoms with van der Waals surface area (Å²) in [5.74, 6) is 0.802. The first-order chi connectivity index (χ1) is 17.5. The molecule has 4 rings (SSSR count). The van der Waals surface area contributed by atoms with E-state index in [4.69, 9.17) is 14.6 Å². The van der Waals surface area contributed by atoms with Gasteiger partial charge in [0.25, 0.3) is 0 Å². The molecule has 1 saturated heterocycles. The largest absolute Gasteiger partial charge is 0.497 e. The molecule has 1 unspecified atom stereocenters. The van der Waals surface area contributed by atoms with Crippen LogP contribution in [0.5, 0.6) is 0 Å². The van der Waals surface area contributed by atoms with Crippen LogP contribution >= 0.6 is 0 Å². The van der Waals surface area contributed by atoms with Crippen LogP contribution in [0.1, 0.15) is 51.0 Å². The number of carboxylic acid groups (broad SMARTS) is 1. The normalized spacial score (nSPS) is 19.7. The summed E-state index contributed by atoms with van der Waals surface area (Å²) in [5.41, 5.74) is 5.29. The van der Waals surface area contributed by atoms with E-state index in [0.29, 0.717) is 24.6 Å². The monoisotopic (exact) mass is 496 g/mol. The molecule has 36 heavy (non-hydrogen) atoms. The molecule has 6 nitrogen and oxygen atoms in total. The lowest BCUT2D eigenvalue weighted by Gasteiger charge is -2.39. The zero-order valence-electron chi connectivity index (χ0n) is 21.3. The van der Waals surface area contributed by atoms with Crippen LogP contribution in [0.25, 0.3) is 0 Å². The Morgan fingerprint density at radius 2 is 2.17 bits per heavy atom. The lowest BCUT2D eigenvalue weighted by Crippen LogP contribution is -2.36. The van der Waals surface area contributed by atoms with Crippen molar-refractivity contribution in [3.63, 3.8) is 0 Å². The van der Waals surface area contributed by atoms with Crippen molar-refractivity contribution in [3.8, 4) is 0 Å². The number of nitrogens with one attached hydrogen (secondary N) is 1. The minimum atomic E-state index is -0.921. The smallest absolute Gasteiger partial charge is 0.303 e. The molecular weight excluding hydrogens is 459 g/mol. The van der Waals surface area contributed by atoms with Crippen molar-refractivity contribution in [2.75, 3.05) is 38.7 Å². The predicted molar refractivity (Wildman–Crippen MR) is 139 cm³/mol. The lowest BCUT2D eigenvalue weighted by molar-refractivity contribution is -0.136. The second-order valence-corrected chi connectivity index (χ2v) is 9.65. The highest BCUT2D eigenvalue weighted by atomic mass is 19.1. The number of allylic oxidation sites excluding steroid dienone is 5. The van der Waals surface area contributed by atoms with Crippen molar-refractivity contribution >= 4 is 11.7 Å². The second-order valence-electron chi connectivity index (χ2n) is 9.65. The van der Waals surface area contributed by atoms with Crippen molar-refractivity contribution in [1.29, 1.82) is 0 Å². The summed E-state index contributed by atoms with van der Waals surface area (Å²) >= 11 is 0. The van der Waals surface area contributed by atoms with Gasteiger partial charge in [-0.05, 0) is 73.9 Å². The van der Waals surface area contributed by atoms with Crippen LogP contribution in [0.15, 0.2) is 64.8 Å². The number of carbonyl (C=O) groups is 1. The minimum Gasteiger partial charge on any atom is -0.497 e. The van der Waals surface area contributed by atoms with E-state index >= 15 is 0 Å². The number of benzene rings is 1. The predicted octanol–water partition coefficient (Wildman–Crippen LogP) is 5.80. The molecule has 1 heterocycles. The summed E-state index contributed by atoms with van der Waals surface area (Å²) < 4.78 is 26.0. The Morgan fingerprint density at radius 1 is 1.31 bits per heavy atom. The van der Waals surface area contributed by atoms with Crippen molar-refractivity contribution < 1.29 is 23.8 Å². The maximum absolute atomic E-state index is 14.4. The zero-order valence-corrected chi connectivity index (χ0v) is 21.3. The average molecular weight is 497 g/mol. The van der Waals surface area contributed by atoms with E-state index in [9.17, 15) is 9.18 Å². The highest BCUT2D eigenvalue weighted by molar-refractivity contribution is 5.67. The van der Waals surface area contributed by atoms with Crippen LogP contribution in [0.2, 0.25) is 0 Å². The molecule has 0 saturated carbocycles. The highest BCUT2D eigenvalue weighted by Gasteiger charge is 2.28. The number of aryl methyl sites for hydroxylation is 1. The number of ether oxygens (including phenoxy) is 2. The van der Waals surface area contributed by atoms with Crippen molar-refractivity contribution in [2.45, 2.75) is 51.9 Å². The third kappa shape index (κ3) is 6.31. The van der Waals surface area contributed by atoms with E-state index in [-0.39, 0.29) is 18.7 Å². The third-order valence-corrected chi connectivity index (χ3v) is 7.29. The molecular formula is C29H37FN2O4. The van der Waals surface area contributed by atoms with Gasteiger partial charge in [-0.15, -0.1) is 0 Å². The van der Waals surface area contributed by atoms with Crippen molar-refractivity contribution in [2.24, 2.45) is 5.92 Å². The molecule has 1 aliphatic heterocycles. The number of methoxy groups -OCH3 is 1. The molecule has 3 aliphatic rings. The quantitative estimate of drug-likeness (QED) is 0.404. The van der Waals surface area contributed by atoms with Gasteiger partial charge in [-0.1, -0.05) is 18.2 Å². The second kappa shape index (κ2) is 12.2. The molecule has 1 aromatic carbocycles. The van der Waals surface area contributed by atoms with Gasteiger partial charge in [0.15, 0.2) is 5.76 Å². The lowest BCUT2D eigenvalue weighted by atomic mass is 9.83. The number of rotatable bonds is 11. The number of anilines is 1. The van der Waals surface area contributed by atoms with Crippen molar-refractivity contribution in [1.82, 2.24) is 4.90 Å². The first-order valence-electron chi connectivity index (χ1n) is 12.9. The first kappa shape index (κ1) is 25.9. The summed E-state index contributed by atoms with van der Waals surface area (Å²) in [6, 6.07) is 4.98. The van der Waals surface area contributed by atoms with Crippen LogP contribution in [0.3, 0.4) is 0 Å². The number of nitrogens with zero attached hydrogens (tertiary/aromatic N) is 1. The Balaban J connectivity index is 1.37. The van der Waals surface area contributed by atoms with Crippen LogP contribution in [0.4, 0.5) is 10.1 Å². The number of piperidine rings is 1. The first-order valence-corrected chi connectivity index (χ1v) is 12.9. The molecule has 1 atom stereocenters. The van der Waals surface area contributed by atoms with Gasteiger partial charge in [0.1, 0.15) is 18.2 Å².